The average molecular weight is 841 g/mol. The SMILES string of the molecule is CC(=O)N[C@@H]1[C@@H](OCc2ccccc2)[C@H](O[C@@H]2O[C@@H]3CO[C@@H](c4ccccc4)O[C@H]3[C@H](OCc3ccccc3)[C@H]2NC(C)=O)[C@@H](COCc2ccccc2)O[C@H]1CC(=O)CF. The molecule has 11 atom stereocenters. The first kappa shape index (κ1) is 44.2. The van der Waals surface area contributed by atoms with Gasteiger partial charge in [0.1, 0.15) is 49.3 Å². The van der Waals surface area contributed by atoms with Crippen LogP contribution in [0.5, 0.6) is 0 Å². The third-order valence-corrected chi connectivity index (χ3v) is 10.8. The number of amides is 2. The lowest BCUT2D eigenvalue weighted by molar-refractivity contribution is -0.365. The highest BCUT2D eigenvalue weighted by molar-refractivity contribution is 5.80. The van der Waals surface area contributed by atoms with E-state index in [0.29, 0.717) is 0 Å². The smallest absolute Gasteiger partial charge is 0.217 e. The number of Topliss-reactive ketones (excluding diaryl/α,β-unsaturated/α-hetero) is 1. The molecule has 0 aliphatic carbocycles. The molecule has 7 rings (SSSR count). The predicted molar refractivity (Wildman–Crippen MR) is 219 cm³/mol. The maximum atomic E-state index is 13.8. The number of hydrogen-bond acceptors (Lipinski definition) is 11. The lowest BCUT2D eigenvalue weighted by Gasteiger charge is -2.52. The highest BCUT2D eigenvalue weighted by atomic mass is 19.1. The number of ether oxygens (including phenoxy) is 8. The van der Waals surface area contributed by atoms with Crippen LogP contribution in [0.4, 0.5) is 4.39 Å². The Bertz CT molecular complexity index is 1980. The van der Waals surface area contributed by atoms with Crippen molar-refractivity contribution in [2.45, 2.75) is 107 Å². The van der Waals surface area contributed by atoms with Crippen molar-refractivity contribution in [1.82, 2.24) is 10.6 Å². The summed E-state index contributed by atoms with van der Waals surface area (Å²) in [5.41, 5.74) is 3.44. The summed E-state index contributed by atoms with van der Waals surface area (Å²) in [7, 11) is 0. The van der Waals surface area contributed by atoms with Gasteiger partial charge < -0.3 is 48.5 Å². The Morgan fingerprint density at radius 2 is 1.18 bits per heavy atom. The summed E-state index contributed by atoms with van der Waals surface area (Å²) < 4.78 is 66.7. The number of alkyl halides is 1. The lowest BCUT2D eigenvalue weighted by atomic mass is 9.89. The molecule has 3 aliphatic rings. The Morgan fingerprint density at radius 3 is 1.75 bits per heavy atom. The molecule has 61 heavy (non-hydrogen) atoms. The molecule has 13 nitrogen and oxygen atoms in total. The Balaban J connectivity index is 1.25. The van der Waals surface area contributed by atoms with Gasteiger partial charge in [-0.1, -0.05) is 121 Å². The summed E-state index contributed by atoms with van der Waals surface area (Å²) in [4.78, 5) is 38.7. The standard InChI is InChI=1S/C47H53FN2O11/c1-30(51)49-40-37(23-36(53)24-48)58-38(28-54-25-32-15-7-3-8-16-32)42(44(40)55-26-33-17-9-4-10-18-33)61-47-41(50-31(2)52)45(56-27-34-19-11-5-12-20-34)43-39(59-47)29-57-46(60-43)35-21-13-6-14-22-35/h3-22,37-47H,23-29H2,1-2H3,(H,49,51)(H,50,52)/t37-,38+,39+,40-,41+,42+,43+,44+,45+,46+,47-/m0/s1. The van der Waals surface area contributed by atoms with Crippen molar-refractivity contribution in [3.05, 3.63) is 144 Å². The van der Waals surface area contributed by atoms with Crippen LogP contribution in [0.15, 0.2) is 121 Å². The van der Waals surface area contributed by atoms with Crippen LogP contribution in [-0.4, -0.2) is 98.6 Å². The zero-order valence-corrected chi connectivity index (χ0v) is 34.2. The monoisotopic (exact) mass is 840 g/mol. The third-order valence-electron chi connectivity index (χ3n) is 10.8. The molecule has 3 saturated heterocycles. The molecule has 3 fully saturated rings. The number of nitrogens with one attached hydrogen (secondary N) is 2. The minimum atomic E-state index is -1.22. The Hall–Kier alpha value is -4.90. The number of halogens is 1. The van der Waals surface area contributed by atoms with E-state index in [-0.39, 0.29) is 45.4 Å². The van der Waals surface area contributed by atoms with E-state index in [2.05, 4.69) is 10.6 Å². The minimum Gasteiger partial charge on any atom is -0.374 e. The largest absolute Gasteiger partial charge is 0.374 e. The predicted octanol–water partition coefficient (Wildman–Crippen LogP) is 5.30. The topological polar surface area (TPSA) is 149 Å². The number of hydrogen-bond donors (Lipinski definition) is 2. The number of carbonyl (C=O) groups is 3. The molecule has 4 aromatic rings. The molecule has 0 bridgehead atoms. The van der Waals surface area contributed by atoms with Crippen LogP contribution in [0, 0.1) is 0 Å². The van der Waals surface area contributed by atoms with E-state index in [1.54, 1.807) is 0 Å². The second-order valence-electron chi connectivity index (χ2n) is 15.4. The molecule has 0 spiro atoms. The van der Waals surface area contributed by atoms with E-state index in [1.807, 2.05) is 121 Å². The Morgan fingerprint density at radius 1 is 0.639 bits per heavy atom. The van der Waals surface area contributed by atoms with Crippen LogP contribution in [0.25, 0.3) is 0 Å². The second-order valence-corrected chi connectivity index (χ2v) is 15.4. The van der Waals surface area contributed by atoms with Crippen molar-refractivity contribution in [2.24, 2.45) is 0 Å². The molecule has 0 unspecified atom stereocenters. The number of carbonyl (C=O) groups excluding carboxylic acids is 3. The van der Waals surface area contributed by atoms with Crippen LogP contribution in [-0.2, 0) is 72.1 Å². The van der Waals surface area contributed by atoms with Gasteiger partial charge in [0.05, 0.1) is 45.2 Å². The Kier molecular flexibility index (Phi) is 15.8. The normalized spacial score (nSPS) is 28.6. The maximum absolute atomic E-state index is 13.8. The van der Waals surface area contributed by atoms with Crippen molar-refractivity contribution in [1.29, 1.82) is 0 Å². The van der Waals surface area contributed by atoms with Gasteiger partial charge >= 0.3 is 0 Å². The zero-order chi connectivity index (χ0) is 42.6. The van der Waals surface area contributed by atoms with Gasteiger partial charge in [-0.25, -0.2) is 4.39 Å². The molecule has 0 radical (unpaired) electrons. The number of ketones is 1. The Labute approximate surface area is 355 Å². The summed E-state index contributed by atoms with van der Waals surface area (Å²) >= 11 is 0. The molecule has 3 heterocycles. The van der Waals surface area contributed by atoms with Crippen LogP contribution >= 0.6 is 0 Å². The molecule has 2 amide bonds. The van der Waals surface area contributed by atoms with Crippen molar-refractivity contribution in [2.75, 3.05) is 19.9 Å². The summed E-state index contributed by atoms with van der Waals surface area (Å²) in [6.07, 6.45) is -8.62. The summed E-state index contributed by atoms with van der Waals surface area (Å²) in [5.74, 6) is -1.51. The van der Waals surface area contributed by atoms with E-state index >= 15 is 0 Å². The van der Waals surface area contributed by atoms with Crippen LogP contribution in [0.3, 0.4) is 0 Å². The fourth-order valence-electron chi connectivity index (χ4n) is 7.98. The minimum absolute atomic E-state index is 0.0552. The fourth-order valence-corrected chi connectivity index (χ4v) is 7.98. The van der Waals surface area contributed by atoms with Crippen molar-refractivity contribution < 1.29 is 56.7 Å². The van der Waals surface area contributed by atoms with Crippen molar-refractivity contribution in [3.63, 3.8) is 0 Å². The summed E-state index contributed by atoms with van der Waals surface area (Å²) in [5, 5.41) is 5.94. The van der Waals surface area contributed by atoms with Crippen LogP contribution < -0.4 is 10.6 Å². The van der Waals surface area contributed by atoms with Gasteiger partial charge in [0, 0.05) is 25.8 Å². The van der Waals surface area contributed by atoms with E-state index < -0.39 is 85.8 Å². The van der Waals surface area contributed by atoms with E-state index in [9.17, 15) is 18.8 Å². The second kappa shape index (κ2) is 21.8. The van der Waals surface area contributed by atoms with E-state index in [4.69, 9.17) is 37.9 Å². The summed E-state index contributed by atoms with van der Waals surface area (Å²) in [6, 6.07) is 36.2. The zero-order valence-electron chi connectivity index (χ0n) is 34.2. The highest BCUT2D eigenvalue weighted by Crippen LogP contribution is 2.38. The van der Waals surface area contributed by atoms with Gasteiger partial charge in [0.15, 0.2) is 18.4 Å². The van der Waals surface area contributed by atoms with Gasteiger partial charge in [0.2, 0.25) is 11.8 Å². The van der Waals surface area contributed by atoms with Crippen LogP contribution in [0.1, 0.15) is 48.8 Å². The highest BCUT2D eigenvalue weighted by Gasteiger charge is 2.55. The first-order valence-corrected chi connectivity index (χ1v) is 20.6. The molecule has 324 valence electrons. The lowest BCUT2D eigenvalue weighted by Crippen LogP contribution is -2.70. The molecule has 2 N–H and O–H groups in total. The molecule has 14 heteroatoms. The number of benzene rings is 4. The van der Waals surface area contributed by atoms with Crippen molar-refractivity contribution in [3.8, 4) is 0 Å². The first-order chi connectivity index (χ1) is 29.7. The molecular formula is C47H53FN2O11. The molecule has 4 aromatic carbocycles. The van der Waals surface area contributed by atoms with Gasteiger partial charge in [0.25, 0.3) is 0 Å². The molecule has 0 aromatic heterocycles. The van der Waals surface area contributed by atoms with Gasteiger partial charge in [-0.3, -0.25) is 14.4 Å². The third kappa shape index (κ3) is 11.9. The van der Waals surface area contributed by atoms with E-state index in [0.717, 1.165) is 22.3 Å². The van der Waals surface area contributed by atoms with Crippen molar-refractivity contribution >= 4 is 17.6 Å². The maximum Gasteiger partial charge on any atom is 0.217 e. The van der Waals surface area contributed by atoms with Crippen LogP contribution in [0.2, 0.25) is 0 Å². The number of rotatable bonds is 18. The first-order valence-electron chi connectivity index (χ1n) is 20.6. The summed E-state index contributed by atoms with van der Waals surface area (Å²) in [6.45, 7) is 2.04. The fraction of sp³-hybridized carbons (Fsp3) is 0.426. The van der Waals surface area contributed by atoms with Gasteiger partial charge in [-0.05, 0) is 16.7 Å². The van der Waals surface area contributed by atoms with E-state index in [1.165, 1.54) is 13.8 Å². The average Bonchev–Trinajstić information content (AvgIpc) is 3.28. The van der Waals surface area contributed by atoms with Gasteiger partial charge in [-0.2, -0.15) is 0 Å². The molecular weight excluding hydrogens is 788 g/mol. The quantitative estimate of drug-likeness (QED) is 0.134. The van der Waals surface area contributed by atoms with Gasteiger partial charge in [-0.15, -0.1) is 0 Å². The molecule has 3 aliphatic heterocycles. The molecule has 0 saturated carbocycles. The number of fused-ring (bicyclic) bond motifs is 1.